The van der Waals surface area contributed by atoms with E-state index in [1.807, 2.05) is 31.2 Å². The third-order valence-electron chi connectivity index (χ3n) is 6.56. The largest absolute Gasteiger partial charge is 0.491 e. The van der Waals surface area contributed by atoms with Gasteiger partial charge in [0.05, 0.1) is 5.52 Å². The van der Waals surface area contributed by atoms with Crippen LogP contribution >= 0.6 is 11.6 Å². The molecule has 5 rings (SSSR count). The molecule has 3 heterocycles. The van der Waals surface area contributed by atoms with E-state index in [1.54, 1.807) is 12.1 Å². The summed E-state index contributed by atoms with van der Waals surface area (Å²) in [5, 5.41) is 4.17. The molecule has 0 spiro atoms. The van der Waals surface area contributed by atoms with Crippen molar-refractivity contribution in [1.82, 2.24) is 9.88 Å². The number of hydrogen-bond acceptors (Lipinski definition) is 5. The van der Waals surface area contributed by atoms with Crippen molar-refractivity contribution in [2.75, 3.05) is 38.2 Å². The Hall–Kier alpha value is -2.90. The minimum Gasteiger partial charge on any atom is -0.491 e. The molecule has 1 aromatic heterocycles. The molecule has 1 amide bonds. The van der Waals surface area contributed by atoms with E-state index in [9.17, 15) is 9.18 Å². The van der Waals surface area contributed by atoms with Crippen LogP contribution in [0.2, 0.25) is 5.02 Å². The number of anilines is 1. The van der Waals surface area contributed by atoms with Gasteiger partial charge in [0, 0.05) is 22.6 Å². The number of hydrogen-bond donors (Lipinski definition) is 1. The molecule has 34 heavy (non-hydrogen) atoms. The molecule has 0 aliphatic carbocycles. The number of piperidine rings is 1. The molecule has 0 bridgehead atoms. The van der Waals surface area contributed by atoms with Gasteiger partial charge in [-0.05, 0) is 81.1 Å². The number of carbonyl (C=O) groups excluding carboxylic acids is 1. The van der Waals surface area contributed by atoms with E-state index >= 15 is 0 Å². The lowest BCUT2D eigenvalue weighted by Gasteiger charge is -2.32. The van der Waals surface area contributed by atoms with Gasteiger partial charge in [-0.1, -0.05) is 17.7 Å². The number of nitrogens with zero attached hydrogens (tertiary/aromatic N) is 2. The van der Waals surface area contributed by atoms with Gasteiger partial charge in [-0.15, -0.1) is 0 Å². The van der Waals surface area contributed by atoms with Crippen LogP contribution in [0.25, 0.3) is 10.9 Å². The number of halogens is 2. The smallest absolute Gasteiger partial charge is 0.262 e. The molecule has 1 saturated heterocycles. The van der Waals surface area contributed by atoms with Crippen molar-refractivity contribution in [3.8, 4) is 11.5 Å². The molecule has 6 nitrogen and oxygen atoms in total. The third kappa shape index (κ3) is 4.95. The third-order valence-corrected chi connectivity index (χ3v) is 6.78. The lowest BCUT2D eigenvalue weighted by molar-refractivity contribution is -0.118. The Morgan fingerprint density at radius 3 is 2.88 bits per heavy atom. The van der Waals surface area contributed by atoms with Crippen molar-refractivity contribution in [2.45, 2.75) is 26.2 Å². The maximum atomic E-state index is 14.9. The fourth-order valence-electron chi connectivity index (χ4n) is 4.71. The zero-order valence-electron chi connectivity index (χ0n) is 19.1. The van der Waals surface area contributed by atoms with Crippen LogP contribution in [0.15, 0.2) is 36.4 Å². The Morgan fingerprint density at radius 2 is 2.06 bits per heavy atom. The van der Waals surface area contributed by atoms with Crippen LogP contribution in [0.1, 0.15) is 24.1 Å². The van der Waals surface area contributed by atoms with Gasteiger partial charge in [0.1, 0.15) is 23.8 Å². The number of pyridine rings is 1. The molecule has 2 aliphatic rings. The predicted molar refractivity (Wildman–Crippen MR) is 130 cm³/mol. The van der Waals surface area contributed by atoms with Crippen molar-refractivity contribution >= 4 is 34.1 Å². The monoisotopic (exact) mass is 483 g/mol. The van der Waals surface area contributed by atoms with Gasteiger partial charge < -0.3 is 14.8 Å². The van der Waals surface area contributed by atoms with Gasteiger partial charge in [-0.2, -0.15) is 0 Å². The van der Waals surface area contributed by atoms with Gasteiger partial charge in [-0.25, -0.2) is 4.39 Å². The summed E-state index contributed by atoms with van der Waals surface area (Å²) < 4.78 is 26.3. The molecule has 0 atom stereocenters. The van der Waals surface area contributed by atoms with Gasteiger partial charge in [0.2, 0.25) is 0 Å². The predicted octanol–water partition coefficient (Wildman–Crippen LogP) is 5.00. The van der Waals surface area contributed by atoms with Crippen molar-refractivity contribution in [1.29, 1.82) is 0 Å². The molecular formula is C26H27ClFN3O3. The SMILES string of the molecule is Cc1ccc2c(OCCN3CCC(Cc4ccc5c(c4F)NC(=O)CO5)CC3)cc(Cl)cc2n1. The van der Waals surface area contributed by atoms with Gasteiger partial charge in [0.15, 0.2) is 12.4 Å². The van der Waals surface area contributed by atoms with Crippen LogP contribution in [-0.2, 0) is 11.2 Å². The molecule has 2 aromatic carbocycles. The molecule has 0 saturated carbocycles. The summed E-state index contributed by atoms with van der Waals surface area (Å²) in [5.41, 5.74) is 2.58. The number of amides is 1. The van der Waals surface area contributed by atoms with Gasteiger partial charge in [0.25, 0.3) is 5.91 Å². The zero-order chi connectivity index (χ0) is 23.7. The fraction of sp³-hybridized carbons (Fsp3) is 0.385. The summed E-state index contributed by atoms with van der Waals surface area (Å²) in [5.74, 6) is 0.852. The topological polar surface area (TPSA) is 63.7 Å². The van der Waals surface area contributed by atoms with Crippen molar-refractivity contribution < 1.29 is 18.7 Å². The van der Waals surface area contributed by atoms with Crippen LogP contribution in [0, 0.1) is 18.7 Å². The van der Waals surface area contributed by atoms with E-state index in [0.29, 0.717) is 35.3 Å². The van der Waals surface area contributed by atoms with Crippen molar-refractivity contribution in [3.05, 3.63) is 58.5 Å². The molecule has 2 aliphatic heterocycles. The van der Waals surface area contributed by atoms with Crippen molar-refractivity contribution in [2.24, 2.45) is 5.92 Å². The molecule has 178 valence electrons. The highest BCUT2D eigenvalue weighted by Crippen LogP contribution is 2.34. The Morgan fingerprint density at radius 1 is 1.24 bits per heavy atom. The minimum absolute atomic E-state index is 0.0714. The van der Waals surface area contributed by atoms with E-state index < -0.39 is 0 Å². The molecule has 3 aromatic rings. The number of likely N-dealkylation sites (tertiary alicyclic amines) is 1. The molecule has 1 N–H and O–H groups in total. The zero-order valence-corrected chi connectivity index (χ0v) is 19.8. The summed E-state index contributed by atoms with van der Waals surface area (Å²) in [6.07, 6.45) is 2.63. The second-order valence-corrected chi connectivity index (χ2v) is 9.45. The average Bonchev–Trinajstić information content (AvgIpc) is 2.82. The molecule has 0 unspecified atom stereocenters. The summed E-state index contributed by atoms with van der Waals surface area (Å²) in [6.45, 7) is 5.15. The standard InChI is InChI=1S/C26H27ClFN3O3/c1-16-2-4-20-21(29-16)13-19(27)14-23(20)33-11-10-31-8-6-17(7-9-31)12-18-3-5-22-26(25(18)28)30-24(32)15-34-22/h2-5,13-14,17H,6-12,15H2,1H3,(H,30,32). The molecular weight excluding hydrogens is 457 g/mol. The first kappa shape index (κ1) is 22.9. The molecule has 8 heteroatoms. The van der Waals surface area contributed by atoms with Crippen LogP contribution in [0.4, 0.5) is 10.1 Å². The number of nitrogens with one attached hydrogen (secondary N) is 1. The number of rotatable bonds is 6. The van der Waals surface area contributed by atoms with Gasteiger partial charge in [-0.3, -0.25) is 14.7 Å². The highest BCUT2D eigenvalue weighted by atomic mass is 35.5. The highest BCUT2D eigenvalue weighted by molar-refractivity contribution is 6.31. The van der Waals surface area contributed by atoms with Crippen LogP contribution < -0.4 is 14.8 Å². The average molecular weight is 484 g/mol. The molecule has 0 radical (unpaired) electrons. The molecule has 1 fully saturated rings. The lowest BCUT2D eigenvalue weighted by Crippen LogP contribution is -2.37. The van der Waals surface area contributed by atoms with E-state index in [1.165, 1.54) is 0 Å². The maximum absolute atomic E-state index is 14.9. The normalized spacial score (nSPS) is 16.7. The first-order valence-corrected chi connectivity index (χ1v) is 12.0. The number of aromatic nitrogens is 1. The first-order valence-electron chi connectivity index (χ1n) is 11.6. The minimum atomic E-state index is -0.375. The number of ether oxygens (including phenoxy) is 2. The number of aryl methyl sites for hydroxylation is 1. The van der Waals surface area contributed by atoms with E-state index in [-0.39, 0.29) is 24.0 Å². The maximum Gasteiger partial charge on any atom is 0.262 e. The second kappa shape index (κ2) is 9.76. The summed E-state index contributed by atoms with van der Waals surface area (Å²) >= 11 is 6.26. The first-order chi connectivity index (χ1) is 16.5. The number of fused-ring (bicyclic) bond motifs is 2. The Bertz CT molecular complexity index is 1220. The summed E-state index contributed by atoms with van der Waals surface area (Å²) in [6, 6.07) is 11.2. The number of benzene rings is 2. The summed E-state index contributed by atoms with van der Waals surface area (Å²) in [4.78, 5) is 18.5. The Balaban J connectivity index is 1.13. The van der Waals surface area contributed by atoms with E-state index in [0.717, 1.165) is 54.8 Å². The van der Waals surface area contributed by atoms with E-state index in [4.69, 9.17) is 21.1 Å². The van der Waals surface area contributed by atoms with E-state index in [2.05, 4.69) is 15.2 Å². The van der Waals surface area contributed by atoms with Gasteiger partial charge >= 0.3 is 0 Å². The second-order valence-electron chi connectivity index (χ2n) is 9.01. The van der Waals surface area contributed by atoms with Crippen LogP contribution in [0.3, 0.4) is 0 Å². The summed E-state index contributed by atoms with van der Waals surface area (Å²) in [7, 11) is 0. The van der Waals surface area contributed by atoms with Crippen molar-refractivity contribution in [3.63, 3.8) is 0 Å². The Labute approximate surface area is 203 Å². The number of carbonyl (C=O) groups is 1. The van der Waals surface area contributed by atoms with Crippen LogP contribution in [-0.4, -0.2) is 48.6 Å². The Kier molecular flexibility index (Phi) is 6.57. The fourth-order valence-corrected chi connectivity index (χ4v) is 4.92. The highest BCUT2D eigenvalue weighted by Gasteiger charge is 2.25. The van der Waals surface area contributed by atoms with Crippen LogP contribution in [0.5, 0.6) is 11.5 Å². The lowest BCUT2D eigenvalue weighted by atomic mass is 9.89. The quantitative estimate of drug-likeness (QED) is 0.534.